The minimum atomic E-state index is -0.610. The Morgan fingerprint density at radius 1 is 1.32 bits per heavy atom. The van der Waals surface area contributed by atoms with E-state index in [0.717, 1.165) is 25.7 Å². The lowest BCUT2D eigenvalue weighted by atomic mass is 9.67. The number of nitrogens with zero attached hydrogens (tertiary/aromatic N) is 1. The van der Waals surface area contributed by atoms with Crippen LogP contribution in [0.5, 0.6) is 0 Å². The van der Waals surface area contributed by atoms with Crippen LogP contribution in [0.1, 0.15) is 46.5 Å². The third kappa shape index (κ3) is 2.67. The Labute approximate surface area is 123 Å². The molecule has 2 fully saturated rings. The lowest BCUT2D eigenvalue weighted by molar-refractivity contribution is -0.132. The molecule has 0 unspecified atom stereocenters. The van der Waals surface area contributed by atoms with E-state index in [1.165, 1.54) is 4.90 Å². The summed E-state index contributed by atoms with van der Waals surface area (Å²) in [7, 11) is 0. The molecule has 19 heavy (non-hydrogen) atoms. The summed E-state index contributed by atoms with van der Waals surface area (Å²) in [5.74, 6) is 0.609. The molecule has 1 spiro atoms. The van der Waals surface area contributed by atoms with Crippen LogP contribution >= 0.6 is 15.9 Å². The Balaban J connectivity index is 2.07. The summed E-state index contributed by atoms with van der Waals surface area (Å²) in [5.41, 5.74) is -0.330. The summed E-state index contributed by atoms with van der Waals surface area (Å²) >= 11 is 3.29. The van der Waals surface area contributed by atoms with Crippen molar-refractivity contribution >= 4 is 27.9 Å². The quantitative estimate of drug-likeness (QED) is 0.625. The van der Waals surface area contributed by atoms with Crippen LogP contribution < -0.4 is 5.32 Å². The van der Waals surface area contributed by atoms with Crippen molar-refractivity contribution in [3.63, 3.8) is 0 Å². The molecule has 0 aromatic rings. The Morgan fingerprint density at radius 2 is 1.89 bits per heavy atom. The van der Waals surface area contributed by atoms with Crippen LogP contribution in [0.2, 0.25) is 0 Å². The van der Waals surface area contributed by atoms with E-state index in [2.05, 4.69) is 42.0 Å². The molecule has 1 saturated carbocycles. The molecule has 0 radical (unpaired) electrons. The summed E-state index contributed by atoms with van der Waals surface area (Å²) in [6.07, 6.45) is 3.58. The van der Waals surface area contributed by atoms with Crippen molar-refractivity contribution < 1.29 is 9.59 Å². The standard InChI is InChI=1S/C14H23BrN2O2/c1-13(2,3)10-4-6-14(7-5-10)11(18)17(9-8-15)12(19)16-14/h10H,4-9H2,1-3H3,(H,16,19). The lowest BCUT2D eigenvalue weighted by Gasteiger charge is -2.40. The smallest absolute Gasteiger partial charge is 0.323 e. The first kappa shape index (κ1) is 14.8. The molecule has 1 aliphatic carbocycles. The SMILES string of the molecule is CC(C)(C)C1CCC2(CC1)NC(=O)N(CCBr)C2=O. The Morgan fingerprint density at radius 3 is 2.37 bits per heavy atom. The highest BCUT2D eigenvalue weighted by Crippen LogP contribution is 2.43. The first-order chi connectivity index (χ1) is 8.80. The van der Waals surface area contributed by atoms with Gasteiger partial charge < -0.3 is 5.32 Å². The summed E-state index contributed by atoms with van der Waals surface area (Å²) in [6, 6.07) is -0.223. The molecule has 2 rings (SSSR count). The average molecular weight is 331 g/mol. The van der Waals surface area contributed by atoms with Crippen molar-refractivity contribution in [1.29, 1.82) is 0 Å². The third-order valence-electron chi connectivity index (χ3n) is 4.62. The van der Waals surface area contributed by atoms with Crippen molar-refractivity contribution in [2.75, 3.05) is 11.9 Å². The molecule has 1 N–H and O–H groups in total. The van der Waals surface area contributed by atoms with Crippen molar-refractivity contribution in [2.24, 2.45) is 11.3 Å². The molecule has 2 aliphatic rings. The van der Waals surface area contributed by atoms with Gasteiger partial charge in [-0.2, -0.15) is 0 Å². The van der Waals surface area contributed by atoms with Gasteiger partial charge in [0, 0.05) is 11.9 Å². The van der Waals surface area contributed by atoms with E-state index in [9.17, 15) is 9.59 Å². The first-order valence-corrected chi connectivity index (χ1v) is 8.12. The number of hydrogen-bond donors (Lipinski definition) is 1. The van der Waals surface area contributed by atoms with E-state index in [4.69, 9.17) is 0 Å². The fourth-order valence-electron chi connectivity index (χ4n) is 3.28. The van der Waals surface area contributed by atoms with E-state index in [0.29, 0.717) is 17.8 Å². The second kappa shape index (κ2) is 5.08. The van der Waals surface area contributed by atoms with Crippen LogP contribution in [0, 0.1) is 11.3 Å². The van der Waals surface area contributed by atoms with Gasteiger partial charge in [-0.3, -0.25) is 9.69 Å². The minimum Gasteiger partial charge on any atom is -0.323 e. The number of nitrogens with one attached hydrogen (secondary N) is 1. The number of alkyl halides is 1. The van der Waals surface area contributed by atoms with Gasteiger partial charge in [-0.05, 0) is 37.0 Å². The Kier molecular flexibility index (Phi) is 3.96. The minimum absolute atomic E-state index is 0.0238. The van der Waals surface area contributed by atoms with Gasteiger partial charge in [0.15, 0.2) is 0 Å². The van der Waals surface area contributed by atoms with E-state index in [-0.39, 0.29) is 17.4 Å². The van der Waals surface area contributed by atoms with Crippen molar-refractivity contribution in [1.82, 2.24) is 10.2 Å². The number of hydrogen-bond acceptors (Lipinski definition) is 2. The molecule has 0 aromatic heterocycles. The summed E-state index contributed by atoms with van der Waals surface area (Å²) < 4.78 is 0. The molecule has 1 saturated heterocycles. The number of halogens is 1. The maximum absolute atomic E-state index is 12.5. The van der Waals surface area contributed by atoms with Crippen LogP contribution in [0.3, 0.4) is 0 Å². The van der Waals surface area contributed by atoms with E-state index >= 15 is 0 Å². The highest BCUT2D eigenvalue weighted by Gasteiger charge is 2.52. The topological polar surface area (TPSA) is 49.4 Å². The fraction of sp³-hybridized carbons (Fsp3) is 0.857. The zero-order valence-corrected chi connectivity index (χ0v) is 13.5. The number of imide groups is 1. The van der Waals surface area contributed by atoms with Gasteiger partial charge in [0.2, 0.25) is 0 Å². The monoisotopic (exact) mass is 330 g/mol. The van der Waals surface area contributed by atoms with Crippen LogP contribution in [-0.4, -0.2) is 34.3 Å². The van der Waals surface area contributed by atoms with Gasteiger partial charge >= 0.3 is 6.03 Å². The van der Waals surface area contributed by atoms with Crippen LogP contribution in [0.25, 0.3) is 0 Å². The van der Waals surface area contributed by atoms with E-state index < -0.39 is 5.54 Å². The maximum Gasteiger partial charge on any atom is 0.325 e. The normalized spacial score (nSPS) is 32.0. The number of urea groups is 1. The number of carbonyl (C=O) groups is 2. The number of carbonyl (C=O) groups excluding carboxylic acids is 2. The number of amides is 3. The van der Waals surface area contributed by atoms with Crippen molar-refractivity contribution in [3.8, 4) is 0 Å². The summed E-state index contributed by atoms with van der Waals surface area (Å²) in [5, 5.41) is 3.57. The van der Waals surface area contributed by atoms with Gasteiger partial charge in [-0.25, -0.2) is 4.79 Å². The molecule has 1 aliphatic heterocycles. The van der Waals surface area contributed by atoms with Crippen LogP contribution in [0.15, 0.2) is 0 Å². The fourth-order valence-corrected chi connectivity index (χ4v) is 3.63. The predicted octanol–water partition coefficient (Wildman–Crippen LogP) is 2.91. The van der Waals surface area contributed by atoms with Crippen LogP contribution in [0.4, 0.5) is 4.79 Å². The molecule has 1 heterocycles. The van der Waals surface area contributed by atoms with Gasteiger partial charge in [0.05, 0.1) is 0 Å². The lowest BCUT2D eigenvalue weighted by Crippen LogP contribution is -2.50. The highest BCUT2D eigenvalue weighted by molar-refractivity contribution is 9.09. The summed E-state index contributed by atoms with van der Waals surface area (Å²) in [4.78, 5) is 25.7. The van der Waals surface area contributed by atoms with Crippen LogP contribution in [-0.2, 0) is 4.79 Å². The maximum atomic E-state index is 12.5. The largest absolute Gasteiger partial charge is 0.325 e. The first-order valence-electron chi connectivity index (χ1n) is 7.00. The van der Waals surface area contributed by atoms with Crippen molar-refractivity contribution in [3.05, 3.63) is 0 Å². The van der Waals surface area contributed by atoms with E-state index in [1.807, 2.05) is 0 Å². The molecular formula is C14H23BrN2O2. The highest BCUT2D eigenvalue weighted by atomic mass is 79.9. The van der Waals surface area contributed by atoms with Gasteiger partial charge in [-0.15, -0.1) is 0 Å². The number of rotatable bonds is 2. The molecule has 5 heteroatoms. The predicted molar refractivity (Wildman–Crippen MR) is 78.2 cm³/mol. The van der Waals surface area contributed by atoms with Gasteiger partial charge in [0.25, 0.3) is 5.91 Å². The second-order valence-electron chi connectivity index (χ2n) is 6.80. The summed E-state index contributed by atoms with van der Waals surface area (Å²) in [6.45, 7) is 7.21. The molecule has 0 aromatic carbocycles. The molecule has 3 amide bonds. The molecule has 4 nitrogen and oxygen atoms in total. The third-order valence-corrected chi connectivity index (χ3v) is 4.97. The van der Waals surface area contributed by atoms with Crippen molar-refractivity contribution in [2.45, 2.75) is 52.0 Å². The Bertz CT molecular complexity index is 381. The molecule has 0 atom stereocenters. The zero-order valence-electron chi connectivity index (χ0n) is 12.0. The molecule has 108 valence electrons. The second-order valence-corrected chi connectivity index (χ2v) is 7.59. The average Bonchev–Trinajstić information content (AvgIpc) is 2.54. The zero-order chi connectivity index (χ0) is 14.3. The van der Waals surface area contributed by atoms with Gasteiger partial charge in [0.1, 0.15) is 5.54 Å². The van der Waals surface area contributed by atoms with Gasteiger partial charge in [-0.1, -0.05) is 36.7 Å². The van der Waals surface area contributed by atoms with E-state index in [1.54, 1.807) is 0 Å². The molecular weight excluding hydrogens is 308 g/mol. The molecule has 0 bridgehead atoms. The Hall–Kier alpha value is -0.580.